The van der Waals surface area contributed by atoms with Gasteiger partial charge in [0.15, 0.2) is 0 Å². The first-order valence-electron chi connectivity index (χ1n) is 6.40. The summed E-state index contributed by atoms with van der Waals surface area (Å²) in [6, 6.07) is 7.44. The van der Waals surface area contributed by atoms with Crippen molar-refractivity contribution in [2.75, 3.05) is 19.4 Å². The highest BCUT2D eigenvalue weighted by Crippen LogP contribution is 2.30. The summed E-state index contributed by atoms with van der Waals surface area (Å²) in [7, 11) is 3.47. The maximum atomic E-state index is 12.2. The lowest BCUT2D eigenvalue weighted by atomic mass is 10.1. The first kappa shape index (κ1) is 16.3. The fraction of sp³-hybridized carbons (Fsp3) is 0.267. The third-order valence-electron chi connectivity index (χ3n) is 3.00. The Hall–Kier alpha value is -1.04. The number of rotatable bonds is 4. The molecule has 112 valence electrons. The highest BCUT2D eigenvalue weighted by molar-refractivity contribution is 9.10. The maximum Gasteiger partial charge on any atom is 0.255 e. The summed E-state index contributed by atoms with van der Waals surface area (Å²) in [5.74, 6) is -0.0475. The van der Waals surface area contributed by atoms with Crippen LogP contribution in [-0.2, 0) is 0 Å². The predicted molar refractivity (Wildman–Crippen MR) is 93.5 cm³/mol. The summed E-state index contributed by atoms with van der Waals surface area (Å²) >= 11 is 11.2. The minimum absolute atomic E-state index is 0.0475. The molecule has 6 heteroatoms. The lowest BCUT2D eigenvalue weighted by molar-refractivity contribution is 0.0828. The summed E-state index contributed by atoms with van der Waals surface area (Å²) in [6.07, 6.45) is 0. The molecular weight excluding hydrogens is 372 g/mol. The smallest absolute Gasteiger partial charge is 0.255 e. The van der Waals surface area contributed by atoms with Gasteiger partial charge in [0.2, 0.25) is 0 Å². The van der Waals surface area contributed by atoms with Crippen LogP contribution < -0.4 is 5.32 Å². The Morgan fingerprint density at radius 2 is 2.10 bits per heavy atom. The normalized spacial score (nSPS) is 12.0. The molecule has 0 spiro atoms. The molecule has 0 saturated carbocycles. The average molecular weight is 388 g/mol. The van der Waals surface area contributed by atoms with E-state index in [1.54, 1.807) is 48.5 Å². The van der Waals surface area contributed by atoms with Crippen molar-refractivity contribution in [1.29, 1.82) is 0 Å². The van der Waals surface area contributed by atoms with Gasteiger partial charge in [-0.15, -0.1) is 11.3 Å². The van der Waals surface area contributed by atoms with Crippen LogP contribution in [0.1, 0.15) is 28.2 Å². The number of nitrogens with one attached hydrogen (secondary N) is 1. The van der Waals surface area contributed by atoms with Gasteiger partial charge in [-0.25, -0.2) is 0 Å². The standard InChI is InChI=1S/C15H16BrClN2OS/c1-9(14-6-10(16)8-21-14)18-13-7-11(17)4-5-12(13)15(20)19(2)3/h4-9,18H,1-3H3. The number of halogens is 2. The Morgan fingerprint density at radius 3 is 2.67 bits per heavy atom. The van der Waals surface area contributed by atoms with Crippen molar-refractivity contribution in [2.45, 2.75) is 13.0 Å². The second-order valence-corrected chi connectivity index (χ2v) is 7.22. The third kappa shape index (κ3) is 3.99. The van der Waals surface area contributed by atoms with Crippen molar-refractivity contribution in [2.24, 2.45) is 0 Å². The lowest BCUT2D eigenvalue weighted by Crippen LogP contribution is -2.23. The van der Waals surface area contributed by atoms with Gasteiger partial charge in [-0.2, -0.15) is 0 Å². The van der Waals surface area contributed by atoms with Crippen molar-refractivity contribution in [1.82, 2.24) is 4.90 Å². The molecule has 1 heterocycles. The van der Waals surface area contributed by atoms with E-state index in [0.717, 1.165) is 10.2 Å². The lowest BCUT2D eigenvalue weighted by Gasteiger charge is -2.19. The van der Waals surface area contributed by atoms with Crippen LogP contribution in [0.4, 0.5) is 5.69 Å². The van der Waals surface area contributed by atoms with E-state index in [0.29, 0.717) is 10.6 Å². The van der Waals surface area contributed by atoms with E-state index in [1.807, 2.05) is 5.38 Å². The Labute approximate surface area is 142 Å². The quantitative estimate of drug-likeness (QED) is 0.797. The van der Waals surface area contributed by atoms with Gasteiger partial charge in [0, 0.05) is 39.5 Å². The molecule has 1 N–H and O–H groups in total. The number of benzene rings is 1. The summed E-state index contributed by atoms with van der Waals surface area (Å²) < 4.78 is 1.06. The molecule has 0 aliphatic heterocycles. The van der Waals surface area contributed by atoms with E-state index in [-0.39, 0.29) is 11.9 Å². The molecule has 1 amide bonds. The van der Waals surface area contributed by atoms with E-state index < -0.39 is 0 Å². The van der Waals surface area contributed by atoms with Crippen LogP contribution in [0.25, 0.3) is 0 Å². The van der Waals surface area contributed by atoms with Crippen LogP contribution >= 0.6 is 38.9 Å². The Balaban J connectivity index is 2.30. The zero-order valence-corrected chi connectivity index (χ0v) is 15.1. The molecule has 0 radical (unpaired) electrons. The van der Waals surface area contributed by atoms with Crippen molar-refractivity contribution >= 4 is 50.5 Å². The molecule has 3 nitrogen and oxygen atoms in total. The Morgan fingerprint density at radius 1 is 1.38 bits per heavy atom. The molecule has 21 heavy (non-hydrogen) atoms. The van der Waals surface area contributed by atoms with Crippen LogP contribution in [0.5, 0.6) is 0 Å². The minimum atomic E-state index is -0.0475. The number of anilines is 1. The minimum Gasteiger partial charge on any atom is -0.377 e. The van der Waals surface area contributed by atoms with Gasteiger partial charge in [-0.05, 0) is 47.1 Å². The fourth-order valence-corrected chi connectivity index (χ4v) is 3.55. The van der Waals surface area contributed by atoms with Gasteiger partial charge >= 0.3 is 0 Å². The van der Waals surface area contributed by atoms with E-state index >= 15 is 0 Å². The second-order valence-electron chi connectivity index (χ2n) is 4.92. The highest BCUT2D eigenvalue weighted by Gasteiger charge is 2.16. The summed E-state index contributed by atoms with van der Waals surface area (Å²) in [4.78, 5) is 15.0. The molecule has 0 saturated heterocycles. The Bertz CT molecular complexity index is 657. The predicted octanol–water partition coefficient (Wildman–Crippen LogP) is 5.04. The molecule has 1 unspecified atom stereocenters. The molecular formula is C15H16BrClN2OS. The molecule has 0 aliphatic rings. The van der Waals surface area contributed by atoms with E-state index in [4.69, 9.17) is 11.6 Å². The first-order valence-corrected chi connectivity index (χ1v) is 8.45. The number of carbonyl (C=O) groups is 1. The van der Waals surface area contributed by atoms with Crippen LogP contribution in [0.15, 0.2) is 34.1 Å². The van der Waals surface area contributed by atoms with Gasteiger partial charge in [-0.1, -0.05) is 11.6 Å². The van der Waals surface area contributed by atoms with E-state index in [9.17, 15) is 4.79 Å². The zero-order chi connectivity index (χ0) is 15.6. The molecule has 1 aromatic heterocycles. The first-order chi connectivity index (χ1) is 9.88. The average Bonchev–Trinajstić information content (AvgIpc) is 2.85. The van der Waals surface area contributed by atoms with Gasteiger partial charge < -0.3 is 10.2 Å². The number of hydrogen-bond donors (Lipinski definition) is 1. The topological polar surface area (TPSA) is 32.3 Å². The Kier molecular flexibility index (Phi) is 5.30. The van der Waals surface area contributed by atoms with Gasteiger partial charge in [0.05, 0.1) is 11.6 Å². The van der Waals surface area contributed by atoms with Crippen LogP contribution in [-0.4, -0.2) is 24.9 Å². The molecule has 1 aromatic carbocycles. The van der Waals surface area contributed by atoms with E-state index in [1.165, 1.54) is 4.88 Å². The molecule has 2 rings (SSSR count). The fourth-order valence-electron chi connectivity index (χ4n) is 1.92. The largest absolute Gasteiger partial charge is 0.377 e. The van der Waals surface area contributed by atoms with Crippen molar-refractivity contribution in [3.63, 3.8) is 0 Å². The molecule has 0 fully saturated rings. The van der Waals surface area contributed by atoms with Crippen LogP contribution in [0.2, 0.25) is 5.02 Å². The van der Waals surface area contributed by atoms with Crippen molar-refractivity contribution in [3.8, 4) is 0 Å². The molecule has 0 bridgehead atoms. The number of carbonyl (C=O) groups excluding carboxylic acids is 1. The monoisotopic (exact) mass is 386 g/mol. The SMILES string of the molecule is CC(Nc1cc(Cl)ccc1C(=O)N(C)C)c1cc(Br)cs1. The summed E-state index contributed by atoms with van der Waals surface area (Å²) in [5, 5.41) is 6.02. The zero-order valence-electron chi connectivity index (χ0n) is 12.0. The molecule has 2 aromatic rings. The van der Waals surface area contributed by atoms with Gasteiger partial charge in [0.25, 0.3) is 5.91 Å². The van der Waals surface area contributed by atoms with E-state index in [2.05, 4.69) is 34.2 Å². The van der Waals surface area contributed by atoms with Crippen LogP contribution in [0, 0.1) is 0 Å². The van der Waals surface area contributed by atoms with Crippen LogP contribution in [0.3, 0.4) is 0 Å². The van der Waals surface area contributed by atoms with Crippen molar-refractivity contribution < 1.29 is 4.79 Å². The number of hydrogen-bond acceptors (Lipinski definition) is 3. The van der Waals surface area contributed by atoms with Crippen molar-refractivity contribution in [3.05, 3.63) is 49.6 Å². The maximum absolute atomic E-state index is 12.2. The van der Waals surface area contributed by atoms with Gasteiger partial charge in [-0.3, -0.25) is 4.79 Å². The third-order valence-corrected chi connectivity index (χ3v) is 5.12. The number of nitrogens with zero attached hydrogens (tertiary/aromatic N) is 1. The highest BCUT2D eigenvalue weighted by atomic mass is 79.9. The molecule has 1 atom stereocenters. The number of thiophene rings is 1. The number of amides is 1. The summed E-state index contributed by atoms with van der Waals surface area (Å²) in [5.41, 5.74) is 1.37. The van der Waals surface area contributed by atoms with Gasteiger partial charge in [0.1, 0.15) is 0 Å². The second kappa shape index (κ2) is 6.81. The summed E-state index contributed by atoms with van der Waals surface area (Å²) in [6.45, 7) is 2.06. The molecule has 0 aliphatic carbocycles.